The van der Waals surface area contributed by atoms with Crippen LogP contribution in [0.4, 0.5) is 10.7 Å². The number of hydrogen-bond donors (Lipinski definition) is 3. The molecule has 0 saturated heterocycles. The number of carbonyl (C=O) groups is 1. The number of hydrogen-bond acceptors (Lipinski definition) is 5. The van der Waals surface area contributed by atoms with Crippen molar-refractivity contribution in [2.24, 2.45) is 5.73 Å². The van der Waals surface area contributed by atoms with Crippen LogP contribution in [0.2, 0.25) is 0 Å². The third-order valence-electron chi connectivity index (χ3n) is 4.09. The Morgan fingerprint density at radius 2 is 1.96 bits per heavy atom. The van der Waals surface area contributed by atoms with Gasteiger partial charge in [0.15, 0.2) is 0 Å². The summed E-state index contributed by atoms with van der Waals surface area (Å²) in [7, 11) is 0. The first-order valence-corrected chi connectivity index (χ1v) is 8.63. The predicted molar refractivity (Wildman–Crippen MR) is 96.1 cm³/mol. The van der Waals surface area contributed by atoms with Crippen molar-refractivity contribution in [1.29, 1.82) is 0 Å². The van der Waals surface area contributed by atoms with Gasteiger partial charge in [0.25, 0.3) is 5.91 Å². The second-order valence-corrected chi connectivity index (χ2v) is 8.19. The number of rotatable bonds is 3. The fraction of sp³-hybridized carbons (Fsp3) is 0.389. The van der Waals surface area contributed by atoms with E-state index in [1.807, 2.05) is 33.8 Å². The quantitative estimate of drug-likeness (QED) is 0.736. The van der Waals surface area contributed by atoms with Gasteiger partial charge >= 0.3 is 0 Å². The highest BCUT2D eigenvalue weighted by Crippen LogP contribution is 2.49. The van der Waals surface area contributed by atoms with E-state index in [9.17, 15) is 9.90 Å². The summed E-state index contributed by atoms with van der Waals surface area (Å²) in [6.45, 7) is 8.02. The van der Waals surface area contributed by atoms with E-state index in [1.165, 1.54) is 11.3 Å². The topological polar surface area (TPSA) is 84.6 Å². The van der Waals surface area contributed by atoms with E-state index in [2.05, 4.69) is 5.32 Å². The molecule has 4 N–H and O–H groups in total. The van der Waals surface area contributed by atoms with Crippen LogP contribution in [-0.4, -0.2) is 16.6 Å². The number of amides is 1. The highest BCUT2D eigenvalue weighted by atomic mass is 32.1. The van der Waals surface area contributed by atoms with Gasteiger partial charge in [0.1, 0.15) is 10.8 Å². The molecule has 2 aromatic rings. The van der Waals surface area contributed by atoms with Gasteiger partial charge in [-0.25, -0.2) is 0 Å². The van der Waals surface area contributed by atoms with Gasteiger partial charge in [-0.2, -0.15) is 0 Å². The summed E-state index contributed by atoms with van der Waals surface area (Å²) in [6, 6.07) is 6.91. The Morgan fingerprint density at radius 3 is 2.58 bits per heavy atom. The summed E-state index contributed by atoms with van der Waals surface area (Å²) in [5.74, 6) is -0.353. The molecule has 2 heterocycles. The Morgan fingerprint density at radius 1 is 1.29 bits per heavy atom. The monoisotopic (exact) mass is 346 g/mol. The van der Waals surface area contributed by atoms with Gasteiger partial charge in [-0.15, -0.1) is 11.3 Å². The maximum atomic E-state index is 12.1. The van der Waals surface area contributed by atoms with Crippen molar-refractivity contribution >= 4 is 27.9 Å². The second-order valence-electron chi connectivity index (χ2n) is 7.17. The summed E-state index contributed by atoms with van der Waals surface area (Å²) >= 11 is 1.45. The molecule has 6 heteroatoms. The van der Waals surface area contributed by atoms with Crippen molar-refractivity contribution in [3.05, 3.63) is 40.3 Å². The summed E-state index contributed by atoms with van der Waals surface area (Å²) in [5.41, 5.74) is 6.75. The van der Waals surface area contributed by atoms with Gasteiger partial charge in [0, 0.05) is 11.3 Å². The zero-order valence-electron chi connectivity index (χ0n) is 14.3. The van der Waals surface area contributed by atoms with E-state index in [0.29, 0.717) is 22.7 Å². The SMILES string of the molecule is CC1(C)Cc2c(sc(Nc3ccccc3O)c2C(N)=O)C(C)(C)O1. The van der Waals surface area contributed by atoms with E-state index < -0.39 is 11.5 Å². The molecule has 5 nitrogen and oxygen atoms in total. The van der Waals surface area contributed by atoms with Crippen LogP contribution in [0.25, 0.3) is 0 Å². The maximum absolute atomic E-state index is 12.1. The Balaban J connectivity index is 2.14. The van der Waals surface area contributed by atoms with Gasteiger partial charge in [-0.1, -0.05) is 12.1 Å². The summed E-state index contributed by atoms with van der Waals surface area (Å²) < 4.78 is 6.19. The molecule has 1 aromatic heterocycles. The first-order chi connectivity index (χ1) is 11.1. The van der Waals surface area contributed by atoms with Crippen LogP contribution < -0.4 is 11.1 Å². The smallest absolute Gasteiger partial charge is 0.251 e. The number of nitrogens with two attached hydrogens (primary N) is 1. The molecule has 0 unspecified atom stereocenters. The lowest BCUT2D eigenvalue weighted by Gasteiger charge is -2.41. The molecule has 0 aliphatic carbocycles. The molecule has 0 radical (unpaired) electrons. The zero-order valence-corrected chi connectivity index (χ0v) is 15.1. The first kappa shape index (κ1) is 16.8. The Hall–Kier alpha value is -2.05. The number of phenols is 1. The van der Waals surface area contributed by atoms with Gasteiger partial charge in [0.2, 0.25) is 0 Å². The molecule has 128 valence electrons. The lowest BCUT2D eigenvalue weighted by molar-refractivity contribution is -0.135. The summed E-state index contributed by atoms with van der Waals surface area (Å²) in [4.78, 5) is 13.1. The largest absolute Gasteiger partial charge is 0.506 e. The van der Waals surface area contributed by atoms with Crippen molar-refractivity contribution in [3.8, 4) is 5.75 Å². The van der Waals surface area contributed by atoms with Crippen LogP contribution in [0.1, 0.15) is 48.5 Å². The number of thiophene rings is 1. The van der Waals surface area contributed by atoms with E-state index >= 15 is 0 Å². The number of para-hydroxylation sites is 2. The van der Waals surface area contributed by atoms with Crippen molar-refractivity contribution in [2.75, 3.05) is 5.32 Å². The number of fused-ring (bicyclic) bond motifs is 1. The number of anilines is 2. The second kappa shape index (κ2) is 5.50. The van der Waals surface area contributed by atoms with Gasteiger partial charge in [0.05, 0.1) is 22.5 Å². The number of phenolic OH excluding ortho intramolecular Hbond substituents is 1. The van der Waals surface area contributed by atoms with E-state index in [-0.39, 0.29) is 11.4 Å². The van der Waals surface area contributed by atoms with Crippen LogP contribution in [0.3, 0.4) is 0 Å². The fourth-order valence-corrected chi connectivity index (χ4v) is 4.65. The molecule has 1 amide bonds. The highest BCUT2D eigenvalue weighted by Gasteiger charge is 2.42. The standard InChI is InChI=1S/C18H22N2O3S/c1-17(2)9-10-13(15(19)22)16(24-14(10)18(3,4)23-17)20-11-7-5-6-8-12(11)21/h5-8,20-21H,9H2,1-4H3,(H2,19,22). The minimum Gasteiger partial charge on any atom is -0.506 e. The third kappa shape index (κ3) is 2.87. The van der Waals surface area contributed by atoms with Gasteiger partial charge < -0.3 is 20.9 Å². The van der Waals surface area contributed by atoms with Crippen molar-refractivity contribution in [3.63, 3.8) is 0 Å². The zero-order chi connectivity index (χ0) is 17.7. The van der Waals surface area contributed by atoms with Gasteiger partial charge in [-0.05, 0) is 45.4 Å². The average molecular weight is 346 g/mol. The number of primary amides is 1. The lowest BCUT2D eigenvalue weighted by atomic mass is 9.86. The molecule has 0 atom stereocenters. The molecular weight excluding hydrogens is 324 g/mol. The third-order valence-corrected chi connectivity index (χ3v) is 5.54. The van der Waals surface area contributed by atoms with Crippen LogP contribution >= 0.6 is 11.3 Å². The fourth-order valence-electron chi connectivity index (χ4n) is 3.37. The first-order valence-electron chi connectivity index (χ1n) is 7.82. The van der Waals surface area contributed by atoms with Gasteiger partial charge in [-0.3, -0.25) is 4.79 Å². The van der Waals surface area contributed by atoms with E-state index in [1.54, 1.807) is 18.2 Å². The molecule has 0 saturated carbocycles. The molecule has 0 bridgehead atoms. The summed E-state index contributed by atoms with van der Waals surface area (Å²) in [6.07, 6.45) is 0.614. The van der Waals surface area contributed by atoms with Crippen LogP contribution in [-0.2, 0) is 16.8 Å². The number of aromatic hydroxyl groups is 1. The van der Waals surface area contributed by atoms with Crippen molar-refractivity contribution in [1.82, 2.24) is 0 Å². The molecule has 1 aliphatic heterocycles. The molecule has 1 aliphatic rings. The average Bonchev–Trinajstić information content (AvgIpc) is 2.78. The number of ether oxygens (including phenoxy) is 1. The number of nitrogens with one attached hydrogen (secondary N) is 1. The minimum absolute atomic E-state index is 0.120. The Bertz CT molecular complexity index is 809. The normalized spacial score (nSPS) is 18.0. The van der Waals surface area contributed by atoms with E-state index in [0.717, 1.165) is 10.4 Å². The maximum Gasteiger partial charge on any atom is 0.251 e. The number of carbonyl (C=O) groups excluding carboxylic acids is 1. The van der Waals surface area contributed by atoms with E-state index in [4.69, 9.17) is 10.5 Å². The van der Waals surface area contributed by atoms with Crippen LogP contribution in [0.15, 0.2) is 24.3 Å². The minimum atomic E-state index is -0.509. The molecular formula is C18H22N2O3S. The Kier molecular flexibility index (Phi) is 3.85. The molecule has 0 fully saturated rings. The lowest BCUT2D eigenvalue weighted by Crippen LogP contribution is -2.42. The van der Waals surface area contributed by atoms with Crippen LogP contribution in [0, 0.1) is 0 Å². The van der Waals surface area contributed by atoms with Crippen LogP contribution in [0.5, 0.6) is 5.75 Å². The highest BCUT2D eigenvalue weighted by molar-refractivity contribution is 7.17. The number of benzene rings is 1. The molecule has 0 spiro atoms. The molecule has 1 aromatic carbocycles. The van der Waals surface area contributed by atoms with Crippen molar-refractivity contribution in [2.45, 2.75) is 45.3 Å². The summed E-state index contributed by atoms with van der Waals surface area (Å²) in [5, 5.41) is 13.8. The predicted octanol–water partition coefficient (Wildman–Crippen LogP) is 3.88. The molecule has 3 rings (SSSR count). The molecule has 24 heavy (non-hydrogen) atoms. The van der Waals surface area contributed by atoms with Crippen molar-refractivity contribution < 1.29 is 14.6 Å². The Labute approximate surface area is 145 Å².